The van der Waals surface area contributed by atoms with Crippen LogP contribution in [0.2, 0.25) is 0 Å². The van der Waals surface area contributed by atoms with E-state index in [4.69, 9.17) is 9.47 Å². The Hall–Kier alpha value is -1.48. The van der Waals surface area contributed by atoms with Gasteiger partial charge in [-0.1, -0.05) is 25.1 Å². The zero-order valence-electron chi connectivity index (χ0n) is 11.4. The van der Waals surface area contributed by atoms with Gasteiger partial charge in [0.2, 0.25) is 0 Å². The van der Waals surface area contributed by atoms with Crippen LogP contribution in [0.1, 0.15) is 25.8 Å². The van der Waals surface area contributed by atoms with Crippen LogP contribution in [-0.4, -0.2) is 19.8 Å². The molecular formula is C15H23NO2. The van der Waals surface area contributed by atoms with E-state index in [0.29, 0.717) is 13.2 Å². The maximum absolute atomic E-state index is 5.82. The summed E-state index contributed by atoms with van der Waals surface area (Å²) in [5.74, 6) is 1.67. The van der Waals surface area contributed by atoms with E-state index in [2.05, 4.69) is 24.9 Å². The number of ether oxygens (including phenoxy) is 2. The van der Waals surface area contributed by atoms with Crippen molar-refractivity contribution in [1.29, 1.82) is 0 Å². The Labute approximate surface area is 110 Å². The van der Waals surface area contributed by atoms with Gasteiger partial charge in [-0.15, -0.1) is 6.58 Å². The number of nitrogens with one attached hydrogen (secondary N) is 1. The zero-order chi connectivity index (χ0) is 13.2. The van der Waals surface area contributed by atoms with Gasteiger partial charge < -0.3 is 14.8 Å². The average Bonchev–Trinajstić information content (AvgIpc) is 2.39. The fraction of sp³-hybridized carbons (Fsp3) is 0.467. The van der Waals surface area contributed by atoms with Crippen molar-refractivity contribution in [3.05, 3.63) is 36.4 Å². The van der Waals surface area contributed by atoms with E-state index in [-0.39, 0.29) is 0 Å². The summed E-state index contributed by atoms with van der Waals surface area (Å²) in [6, 6.07) is 6.01. The molecule has 0 saturated heterocycles. The highest BCUT2D eigenvalue weighted by Crippen LogP contribution is 2.31. The Morgan fingerprint density at radius 1 is 1.28 bits per heavy atom. The molecule has 0 aromatic heterocycles. The fourth-order valence-corrected chi connectivity index (χ4v) is 1.64. The van der Waals surface area contributed by atoms with Crippen LogP contribution < -0.4 is 14.8 Å². The highest BCUT2D eigenvalue weighted by molar-refractivity contribution is 5.46. The summed E-state index contributed by atoms with van der Waals surface area (Å²) in [4.78, 5) is 0. The topological polar surface area (TPSA) is 30.5 Å². The quantitative estimate of drug-likeness (QED) is 0.538. The Morgan fingerprint density at radius 3 is 2.78 bits per heavy atom. The molecule has 1 N–H and O–H groups in total. The second-order valence-corrected chi connectivity index (χ2v) is 3.88. The Morgan fingerprint density at radius 2 is 2.11 bits per heavy atom. The van der Waals surface area contributed by atoms with Gasteiger partial charge >= 0.3 is 0 Å². The molecule has 0 spiro atoms. The molecule has 100 valence electrons. The number of benzene rings is 1. The predicted molar refractivity (Wildman–Crippen MR) is 75.3 cm³/mol. The summed E-state index contributed by atoms with van der Waals surface area (Å²) in [6.45, 7) is 10.8. The van der Waals surface area contributed by atoms with Crippen molar-refractivity contribution in [1.82, 2.24) is 5.32 Å². The minimum atomic E-state index is 0.632. The first-order valence-electron chi connectivity index (χ1n) is 6.52. The molecule has 0 aliphatic carbocycles. The summed E-state index contributed by atoms with van der Waals surface area (Å²) in [7, 11) is 0. The Balaban J connectivity index is 2.84. The number of hydrogen-bond acceptors (Lipinski definition) is 3. The summed E-state index contributed by atoms with van der Waals surface area (Å²) < 4.78 is 11.4. The van der Waals surface area contributed by atoms with Crippen LogP contribution in [0.15, 0.2) is 30.9 Å². The minimum absolute atomic E-state index is 0.632. The van der Waals surface area contributed by atoms with Crippen molar-refractivity contribution in [2.45, 2.75) is 26.8 Å². The molecule has 0 aliphatic heterocycles. The zero-order valence-corrected chi connectivity index (χ0v) is 11.4. The standard InChI is InChI=1S/C15H23NO2/c1-4-7-11-18-15-13(12-16-5-2)9-8-10-14(15)17-6-3/h4,8-10,16H,1,5-7,11-12H2,2-3H3. The second kappa shape index (κ2) is 8.59. The van der Waals surface area contributed by atoms with Crippen LogP contribution in [0.4, 0.5) is 0 Å². The third-order valence-corrected chi connectivity index (χ3v) is 2.49. The highest BCUT2D eigenvalue weighted by Gasteiger charge is 2.10. The molecule has 0 radical (unpaired) electrons. The molecule has 0 aliphatic rings. The first-order valence-corrected chi connectivity index (χ1v) is 6.52. The molecule has 1 rings (SSSR count). The lowest BCUT2D eigenvalue weighted by Crippen LogP contribution is -2.13. The van der Waals surface area contributed by atoms with Gasteiger partial charge in [0, 0.05) is 12.1 Å². The molecule has 3 heteroatoms. The first-order chi connectivity index (χ1) is 8.83. The van der Waals surface area contributed by atoms with Crippen molar-refractivity contribution in [2.24, 2.45) is 0 Å². The lowest BCUT2D eigenvalue weighted by Gasteiger charge is -2.15. The van der Waals surface area contributed by atoms with Crippen LogP contribution in [0.5, 0.6) is 11.5 Å². The number of rotatable bonds is 9. The van der Waals surface area contributed by atoms with Crippen molar-refractivity contribution in [3.8, 4) is 11.5 Å². The van der Waals surface area contributed by atoms with E-state index in [1.807, 2.05) is 25.1 Å². The van der Waals surface area contributed by atoms with Gasteiger partial charge in [0.25, 0.3) is 0 Å². The first kappa shape index (κ1) is 14.6. The molecular weight excluding hydrogens is 226 g/mol. The highest BCUT2D eigenvalue weighted by atomic mass is 16.5. The van der Waals surface area contributed by atoms with E-state index in [9.17, 15) is 0 Å². The van der Waals surface area contributed by atoms with Crippen LogP contribution in [0.25, 0.3) is 0 Å². The van der Waals surface area contributed by atoms with Crippen molar-refractivity contribution in [3.63, 3.8) is 0 Å². The molecule has 0 bridgehead atoms. The summed E-state index contributed by atoms with van der Waals surface area (Å²) in [6.07, 6.45) is 2.69. The summed E-state index contributed by atoms with van der Waals surface area (Å²) >= 11 is 0. The van der Waals surface area contributed by atoms with Crippen molar-refractivity contribution < 1.29 is 9.47 Å². The minimum Gasteiger partial charge on any atom is -0.490 e. The molecule has 0 heterocycles. The maximum atomic E-state index is 5.82. The average molecular weight is 249 g/mol. The molecule has 0 fully saturated rings. The van der Waals surface area contributed by atoms with E-state index in [1.54, 1.807) is 0 Å². The molecule has 18 heavy (non-hydrogen) atoms. The summed E-state index contributed by atoms with van der Waals surface area (Å²) in [5, 5.41) is 3.31. The van der Waals surface area contributed by atoms with Gasteiger partial charge in [-0.3, -0.25) is 0 Å². The molecule has 3 nitrogen and oxygen atoms in total. The van der Waals surface area contributed by atoms with Crippen LogP contribution in [-0.2, 0) is 6.54 Å². The van der Waals surface area contributed by atoms with E-state index < -0.39 is 0 Å². The van der Waals surface area contributed by atoms with E-state index in [0.717, 1.165) is 36.6 Å². The van der Waals surface area contributed by atoms with Gasteiger partial charge in [-0.05, 0) is 26.0 Å². The number of para-hydroxylation sites is 1. The van der Waals surface area contributed by atoms with Crippen LogP contribution in [0, 0.1) is 0 Å². The summed E-state index contributed by atoms with van der Waals surface area (Å²) in [5.41, 5.74) is 1.13. The molecule has 1 aromatic carbocycles. The normalized spacial score (nSPS) is 10.1. The third-order valence-electron chi connectivity index (χ3n) is 2.49. The van der Waals surface area contributed by atoms with Crippen molar-refractivity contribution in [2.75, 3.05) is 19.8 Å². The predicted octanol–water partition coefficient (Wildman–Crippen LogP) is 3.15. The van der Waals surface area contributed by atoms with Crippen LogP contribution >= 0.6 is 0 Å². The molecule has 0 saturated carbocycles. The monoisotopic (exact) mass is 249 g/mol. The lowest BCUT2D eigenvalue weighted by molar-refractivity contribution is 0.277. The molecule has 0 unspecified atom stereocenters. The molecule has 0 amide bonds. The Kier molecular flexibility index (Phi) is 6.96. The third kappa shape index (κ3) is 4.41. The maximum Gasteiger partial charge on any atom is 0.165 e. The van der Waals surface area contributed by atoms with Crippen molar-refractivity contribution >= 4 is 0 Å². The van der Waals surface area contributed by atoms with Gasteiger partial charge in [-0.25, -0.2) is 0 Å². The lowest BCUT2D eigenvalue weighted by atomic mass is 10.2. The number of hydrogen-bond donors (Lipinski definition) is 1. The fourth-order valence-electron chi connectivity index (χ4n) is 1.64. The Bertz CT molecular complexity index is 364. The SMILES string of the molecule is C=CCCOc1c(CNCC)cccc1OCC. The van der Waals surface area contributed by atoms with Gasteiger partial charge in [0.15, 0.2) is 11.5 Å². The van der Waals surface area contributed by atoms with Gasteiger partial charge in [0.1, 0.15) is 0 Å². The van der Waals surface area contributed by atoms with Gasteiger partial charge in [0.05, 0.1) is 13.2 Å². The molecule has 0 atom stereocenters. The second-order valence-electron chi connectivity index (χ2n) is 3.88. The van der Waals surface area contributed by atoms with Gasteiger partial charge in [-0.2, -0.15) is 0 Å². The van der Waals surface area contributed by atoms with Crippen LogP contribution in [0.3, 0.4) is 0 Å². The van der Waals surface area contributed by atoms with E-state index >= 15 is 0 Å². The van der Waals surface area contributed by atoms with E-state index in [1.165, 1.54) is 0 Å². The largest absolute Gasteiger partial charge is 0.490 e. The molecule has 1 aromatic rings. The smallest absolute Gasteiger partial charge is 0.165 e.